The number of fused-ring (bicyclic) bond motifs is 1. The molecule has 2 aromatic carbocycles. The predicted molar refractivity (Wildman–Crippen MR) is 118 cm³/mol. The van der Waals surface area contributed by atoms with E-state index in [-0.39, 0.29) is 11.5 Å². The average Bonchev–Trinajstić information content (AvgIpc) is 3.10. The molecule has 31 heavy (non-hydrogen) atoms. The third-order valence-corrected chi connectivity index (χ3v) is 5.51. The first-order valence-electron chi connectivity index (χ1n) is 9.50. The molecular weight excluding hydrogens is 421 g/mol. The number of rotatable bonds is 4. The van der Waals surface area contributed by atoms with Crippen LogP contribution in [0.1, 0.15) is 13.0 Å². The van der Waals surface area contributed by atoms with Gasteiger partial charge in [0, 0.05) is 30.4 Å². The summed E-state index contributed by atoms with van der Waals surface area (Å²) in [5.74, 6) is -0.713. The van der Waals surface area contributed by atoms with Crippen molar-refractivity contribution in [1.82, 2.24) is 19.3 Å². The van der Waals surface area contributed by atoms with Gasteiger partial charge in [0.15, 0.2) is 5.82 Å². The summed E-state index contributed by atoms with van der Waals surface area (Å²) < 4.78 is 16.7. The van der Waals surface area contributed by atoms with E-state index in [0.29, 0.717) is 32.9 Å². The summed E-state index contributed by atoms with van der Waals surface area (Å²) in [6.07, 6.45) is 2.51. The van der Waals surface area contributed by atoms with E-state index in [1.807, 2.05) is 0 Å². The van der Waals surface area contributed by atoms with Gasteiger partial charge in [0.2, 0.25) is 5.91 Å². The van der Waals surface area contributed by atoms with Crippen molar-refractivity contribution in [3.63, 3.8) is 0 Å². The Morgan fingerprint density at radius 2 is 1.90 bits per heavy atom. The molecule has 1 atom stereocenters. The van der Waals surface area contributed by atoms with Gasteiger partial charge in [-0.1, -0.05) is 23.7 Å². The van der Waals surface area contributed by atoms with E-state index >= 15 is 0 Å². The standard InChI is InChI=1S/C22H19ClFN5O2/c1-13(29-12-25-19-10-15(23)6-9-17(19)22(29)31)21(30)27(2)16-7-4-14(5-8-16)20-18(24)11-26-28(20)3/h4-13H,1-3H3/t13-/m1/s1. The third kappa shape index (κ3) is 3.70. The minimum absolute atomic E-state index is 0.295. The summed E-state index contributed by atoms with van der Waals surface area (Å²) in [5, 5.41) is 4.77. The van der Waals surface area contributed by atoms with E-state index in [0.717, 1.165) is 6.20 Å². The Labute approximate surface area is 182 Å². The van der Waals surface area contributed by atoms with Crippen molar-refractivity contribution < 1.29 is 9.18 Å². The molecule has 0 saturated heterocycles. The van der Waals surface area contributed by atoms with Crippen LogP contribution in [0.15, 0.2) is 59.8 Å². The normalized spacial score (nSPS) is 12.2. The molecule has 9 heteroatoms. The number of carbonyl (C=O) groups is 1. The Balaban J connectivity index is 1.61. The van der Waals surface area contributed by atoms with E-state index in [2.05, 4.69) is 10.1 Å². The molecule has 4 aromatic rings. The van der Waals surface area contributed by atoms with Crippen molar-refractivity contribution in [2.24, 2.45) is 7.05 Å². The van der Waals surface area contributed by atoms with E-state index in [4.69, 9.17) is 11.6 Å². The number of halogens is 2. The molecule has 0 aliphatic carbocycles. The SMILES string of the molecule is C[C@H](C(=O)N(C)c1ccc(-c2c(F)cnn2C)cc1)n1cnc2cc(Cl)ccc2c1=O. The van der Waals surface area contributed by atoms with Crippen LogP contribution in [0.25, 0.3) is 22.2 Å². The smallest absolute Gasteiger partial charge is 0.261 e. The van der Waals surface area contributed by atoms with E-state index < -0.39 is 11.9 Å². The second-order valence-corrected chi connectivity index (χ2v) is 7.64. The highest BCUT2D eigenvalue weighted by Crippen LogP contribution is 2.25. The Morgan fingerprint density at radius 1 is 1.19 bits per heavy atom. The van der Waals surface area contributed by atoms with Gasteiger partial charge in [-0.15, -0.1) is 0 Å². The highest BCUT2D eigenvalue weighted by Gasteiger charge is 2.22. The first-order valence-corrected chi connectivity index (χ1v) is 9.87. The molecule has 0 radical (unpaired) electrons. The Kier molecular flexibility index (Phi) is 5.32. The second-order valence-electron chi connectivity index (χ2n) is 7.20. The maximum absolute atomic E-state index is 14.0. The van der Waals surface area contributed by atoms with Crippen molar-refractivity contribution in [2.75, 3.05) is 11.9 Å². The predicted octanol–water partition coefficient (Wildman–Crippen LogP) is 3.81. The van der Waals surface area contributed by atoms with Crippen molar-refractivity contribution in [3.05, 3.63) is 76.2 Å². The number of hydrogen-bond acceptors (Lipinski definition) is 4. The zero-order valence-electron chi connectivity index (χ0n) is 17.1. The number of carbonyl (C=O) groups excluding carboxylic acids is 1. The molecule has 0 aliphatic heterocycles. The van der Waals surface area contributed by atoms with Crippen molar-refractivity contribution in [1.29, 1.82) is 0 Å². The van der Waals surface area contributed by atoms with Gasteiger partial charge in [-0.3, -0.25) is 18.8 Å². The lowest BCUT2D eigenvalue weighted by Crippen LogP contribution is -2.37. The zero-order chi connectivity index (χ0) is 22.3. The van der Waals surface area contributed by atoms with Crippen LogP contribution in [0.2, 0.25) is 5.02 Å². The molecule has 2 heterocycles. The number of aromatic nitrogens is 4. The summed E-state index contributed by atoms with van der Waals surface area (Å²) in [7, 11) is 3.28. The van der Waals surface area contributed by atoms with E-state index in [1.165, 1.54) is 20.5 Å². The molecule has 0 saturated carbocycles. The third-order valence-electron chi connectivity index (χ3n) is 5.27. The zero-order valence-corrected chi connectivity index (χ0v) is 17.8. The molecule has 0 N–H and O–H groups in total. The fourth-order valence-corrected chi connectivity index (χ4v) is 3.66. The molecule has 0 unspecified atom stereocenters. The van der Waals surface area contributed by atoms with Crippen LogP contribution in [0.4, 0.5) is 10.1 Å². The number of nitrogens with zero attached hydrogens (tertiary/aromatic N) is 5. The van der Waals surface area contributed by atoms with Gasteiger partial charge < -0.3 is 4.90 Å². The Morgan fingerprint density at radius 3 is 2.55 bits per heavy atom. The number of amides is 1. The first kappa shape index (κ1) is 20.7. The minimum Gasteiger partial charge on any atom is -0.314 e. The average molecular weight is 440 g/mol. The molecule has 158 valence electrons. The summed E-state index contributed by atoms with van der Waals surface area (Å²) in [6, 6.07) is 10.9. The lowest BCUT2D eigenvalue weighted by Gasteiger charge is -2.23. The van der Waals surface area contributed by atoms with Crippen LogP contribution in [0.5, 0.6) is 0 Å². The topological polar surface area (TPSA) is 73.0 Å². The van der Waals surface area contributed by atoms with Crippen LogP contribution >= 0.6 is 11.6 Å². The van der Waals surface area contributed by atoms with Gasteiger partial charge in [-0.2, -0.15) is 5.10 Å². The lowest BCUT2D eigenvalue weighted by molar-refractivity contribution is -0.121. The number of benzene rings is 2. The number of likely N-dealkylation sites (N-methyl/N-ethyl adjacent to an activating group) is 1. The van der Waals surface area contributed by atoms with Crippen molar-refractivity contribution in [3.8, 4) is 11.3 Å². The fraction of sp³-hybridized carbons (Fsp3) is 0.182. The number of anilines is 1. The van der Waals surface area contributed by atoms with Gasteiger partial charge in [-0.05, 0) is 37.3 Å². The lowest BCUT2D eigenvalue weighted by atomic mass is 10.1. The molecule has 0 bridgehead atoms. The van der Waals surface area contributed by atoms with Crippen LogP contribution in [-0.4, -0.2) is 32.3 Å². The molecule has 4 rings (SSSR count). The molecule has 0 spiro atoms. The minimum atomic E-state index is -0.778. The number of hydrogen-bond donors (Lipinski definition) is 0. The summed E-state index contributed by atoms with van der Waals surface area (Å²) in [5.41, 5.74) is 1.76. The van der Waals surface area contributed by atoms with Gasteiger partial charge in [0.05, 0.1) is 23.4 Å². The van der Waals surface area contributed by atoms with Crippen molar-refractivity contribution in [2.45, 2.75) is 13.0 Å². The van der Waals surface area contributed by atoms with Crippen LogP contribution in [-0.2, 0) is 11.8 Å². The molecule has 0 fully saturated rings. The monoisotopic (exact) mass is 439 g/mol. The van der Waals surface area contributed by atoms with Gasteiger partial charge in [-0.25, -0.2) is 9.37 Å². The Hall–Kier alpha value is -3.52. The maximum atomic E-state index is 14.0. The molecular formula is C22H19ClFN5O2. The maximum Gasteiger partial charge on any atom is 0.261 e. The van der Waals surface area contributed by atoms with Crippen LogP contribution < -0.4 is 10.5 Å². The van der Waals surface area contributed by atoms with Gasteiger partial charge >= 0.3 is 0 Å². The number of aryl methyl sites for hydroxylation is 1. The largest absolute Gasteiger partial charge is 0.314 e. The fourth-order valence-electron chi connectivity index (χ4n) is 3.49. The molecule has 2 aromatic heterocycles. The summed E-state index contributed by atoms with van der Waals surface area (Å²) >= 11 is 5.96. The highest BCUT2D eigenvalue weighted by molar-refractivity contribution is 6.31. The van der Waals surface area contributed by atoms with Crippen LogP contribution in [0.3, 0.4) is 0 Å². The van der Waals surface area contributed by atoms with Gasteiger partial charge in [0.25, 0.3) is 5.56 Å². The quantitative estimate of drug-likeness (QED) is 0.484. The molecule has 7 nitrogen and oxygen atoms in total. The first-order chi connectivity index (χ1) is 14.8. The van der Waals surface area contributed by atoms with E-state index in [1.54, 1.807) is 63.5 Å². The molecule has 1 amide bonds. The van der Waals surface area contributed by atoms with E-state index in [9.17, 15) is 14.0 Å². The second kappa shape index (κ2) is 7.96. The molecule has 0 aliphatic rings. The van der Waals surface area contributed by atoms with Crippen LogP contribution in [0, 0.1) is 5.82 Å². The van der Waals surface area contributed by atoms with Crippen molar-refractivity contribution >= 4 is 34.1 Å². The van der Waals surface area contributed by atoms with Gasteiger partial charge in [0.1, 0.15) is 11.7 Å². The summed E-state index contributed by atoms with van der Waals surface area (Å²) in [6.45, 7) is 1.64. The Bertz CT molecular complexity index is 1330. The highest BCUT2D eigenvalue weighted by atomic mass is 35.5. The summed E-state index contributed by atoms with van der Waals surface area (Å²) in [4.78, 5) is 31.6.